The molecule has 0 saturated carbocycles. The normalized spacial score (nSPS) is 9.76. The molecule has 8 nitrogen and oxygen atoms in total. The molecule has 4 N–H and O–H groups in total. The lowest BCUT2D eigenvalue weighted by molar-refractivity contribution is -0.384. The molecule has 1 aromatic heterocycles. The number of nitrogens with one attached hydrogen (secondary N) is 2. The summed E-state index contributed by atoms with van der Waals surface area (Å²) in [5.41, 5.74) is 2.82. The highest BCUT2D eigenvalue weighted by molar-refractivity contribution is 9.10. The van der Waals surface area contributed by atoms with Crippen LogP contribution in [0.5, 0.6) is 0 Å². The molecule has 0 aliphatic rings. The molecule has 0 unspecified atom stereocenters. The molecule has 9 heteroatoms. The van der Waals surface area contributed by atoms with Crippen LogP contribution in [0.15, 0.2) is 34.8 Å². The lowest BCUT2D eigenvalue weighted by atomic mass is 10.2. The minimum atomic E-state index is -0.569. The van der Waals surface area contributed by atoms with Gasteiger partial charge in [0.1, 0.15) is 11.9 Å². The van der Waals surface area contributed by atoms with Gasteiger partial charge in [0.15, 0.2) is 0 Å². The molecule has 0 spiro atoms. The largest absolute Gasteiger partial charge is 0.333 e. The highest BCUT2D eigenvalue weighted by Crippen LogP contribution is 2.29. The number of hydrogen-bond donors (Lipinski definition) is 3. The number of halogens is 1. The van der Waals surface area contributed by atoms with Gasteiger partial charge in [-0.15, -0.1) is 0 Å². The van der Waals surface area contributed by atoms with Gasteiger partial charge in [0.2, 0.25) is 5.82 Å². The number of nitro groups is 1. The van der Waals surface area contributed by atoms with Crippen molar-refractivity contribution in [1.82, 2.24) is 4.98 Å². The van der Waals surface area contributed by atoms with Gasteiger partial charge in [0.05, 0.1) is 16.2 Å². The molecule has 0 bridgehead atoms. The van der Waals surface area contributed by atoms with Gasteiger partial charge >= 0.3 is 5.69 Å². The summed E-state index contributed by atoms with van der Waals surface area (Å²) >= 11 is 3.25. The highest BCUT2D eigenvalue weighted by Gasteiger charge is 2.17. The predicted octanol–water partition coefficient (Wildman–Crippen LogP) is 2.65. The monoisotopic (exact) mass is 348 g/mol. The fraction of sp³-hybridized carbons (Fsp3) is 0. The number of nitriles is 1. The molecule has 0 atom stereocenters. The second-order valence-corrected chi connectivity index (χ2v) is 4.81. The summed E-state index contributed by atoms with van der Waals surface area (Å²) in [5.74, 6) is 5.50. The van der Waals surface area contributed by atoms with Gasteiger partial charge in [0.25, 0.3) is 0 Å². The van der Waals surface area contributed by atoms with Crippen LogP contribution in [0.1, 0.15) is 5.56 Å². The van der Waals surface area contributed by atoms with E-state index < -0.39 is 4.92 Å². The summed E-state index contributed by atoms with van der Waals surface area (Å²) in [4.78, 5) is 14.4. The third kappa shape index (κ3) is 3.25. The zero-order valence-electron chi connectivity index (χ0n) is 10.5. The predicted molar refractivity (Wildman–Crippen MR) is 80.8 cm³/mol. The summed E-state index contributed by atoms with van der Waals surface area (Å²) in [6.45, 7) is 0. The number of nitrogens with zero attached hydrogens (tertiary/aromatic N) is 3. The lowest BCUT2D eigenvalue weighted by Crippen LogP contribution is -2.10. The summed E-state index contributed by atoms with van der Waals surface area (Å²) in [7, 11) is 0. The zero-order chi connectivity index (χ0) is 15.4. The molecule has 2 aromatic rings. The van der Waals surface area contributed by atoms with E-state index in [0.717, 1.165) is 4.47 Å². The number of benzene rings is 1. The van der Waals surface area contributed by atoms with E-state index in [1.807, 2.05) is 6.07 Å². The highest BCUT2D eigenvalue weighted by atomic mass is 79.9. The van der Waals surface area contributed by atoms with E-state index in [1.54, 1.807) is 18.2 Å². The van der Waals surface area contributed by atoms with Crippen LogP contribution >= 0.6 is 15.9 Å². The molecular formula is C12H9BrN6O2. The Kier molecular flexibility index (Phi) is 4.32. The van der Waals surface area contributed by atoms with Crippen LogP contribution in [0, 0.1) is 21.4 Å². The van der Waals surface area contributed by atoms with E-state index in [2.05, 4.69) is 31.7 Å². The standard InChI is InChI=1S/C12H9BrN6O2/c13-8-1-2-9(7(5-8)6-14)16-12-10(19(20)21)3-4-11(17-12)18-15/h1-5H,15H2,(H2,16,17,18). The molecule has 1 aromatic carbocycles. The third-order valence-corrected chi connectivity index (χ3v) is 3.07. The topological polar surface area (TPSA) is 130 Å². The molecule has 2 rings (SSSR count). The number of aromatic nitrogens is 1. The Morgan fingerprint density at radius 3 is 2.76 bits per heavy atom. The Bertz CT molecular complexity index is 743. The van der Waals surface area contributed by atoms with Gasteiger partial charge in [0, 0.05) is 10.5 Å². The van der Waals surface area contributed by atoms with Gasteiger partial charge in [-0.1, -0.05) is 15.9 Å². The number of pyridine rings is 1. The van der Waals surface area contributed by atoms with Gasteiger partial charge in [-0.05, 0) is 24.3 Å². The molecule has 0 amide bonds. The van der Waals surface area contributed by atoms with Gasteiger partial charge in [-0.3, -0.25) is 10.1 Å². The SMILES string of the molecule is N#Cc1cc(Br)ccc1Nc1nc(NN)ccc1[N+](=O)[O-]. The molecule has 0 fully saturated rings. The quantitative estimate of drug-likeness (QED) is 0.439. The molecule has 21 heavy (non-hydrogen) atoms. The average molecular weight is 349 g/mol. The number of hydrogen-bond acceptors (Lipinski definition) is 7. The molecule has 106 valence electrons. The third-order valence-electron chi connectivity index (χ3n) is 2.57. The summed E-state index contributed by atoms with van der Waals surface area (Å²) in [6.07, 6.45) is 0. The number of rotatable bonds is 4. The molecule has 0 saturated heterocycles. The van der Waals surface area contributed by atoms with Crippen molar-refractivity contribution in [2.24, 2.45) is 5.84 Å². The first-order valence-corrected chi connectivity index (χ1v) is 6.43. The van der Waals surface area contributed by atoms with Crippen LogP contribution in [0.2, 0.25) is 0 Å². The maximum Gasteiger partial charge on any atom is 0.311 e. The van der Waals surface area contributed by atoms with Gasteiger partial charge in [-0.25, -0.2) is 10.8 Å². The average Bonchev–Trinajstić information content (AvgIpc) is 2.48. The molecule has 1 heterocycles. The number of nitrogens with two attached hydrogens (primary N) is 1. The number of nitrogen functional groups attached to an aromatic ring is 1. The van der Waals surface area contributed by atoms with Crippen molar-refractivity contribution in [1.29, 1.82) is 5.26 Å². The summed E-state index contributed by atoms with van der Waals surface area (Å²) < 4.78 is 0.726. The van der Waals surface area contributed by atoms with Crippen LogP contribution in [-0.2, 0) is 0 Å². The zero-order valence-corrected chi connectivity index (χ0v) is 12.1. The van der Waals surface area contributed by atoms with E-state index >= 15 is 0 Å². The van der Waals surface area contributed by atoms with Gasteiger partial charge < -0.3 is 10.7 Å². The van der Waals surface area contributed by atoms with E-state index in [4.69, 9.17) is 11.1 Å². The maximum atomic E-state index is 11.0. The number of anilines is 3. The summed E-state index contributed by atoms with van der Waals surface area (Å²) in [6, 6.07) is 9.59. The number of hydrazine groups is 1. The van der Waals surface area contributed by atoms with E-state index in [0.29, 0.717) is 11.3 Å². The molecule has 0 aliphatic heterocycles. The van der Waals surface area contributed by atoms with Crippen LogP contribution in [-0.4, -0.2) is 9.91 Å². The Balaban J connectivity index is 2.48. The van der Waals surface area contributed by atoms with Gasteiger partial charge in [-0.2, -0.15) is 5.26 Å². The maximum absolute atomic E-state index is 11.0. The lowest BCUT2D eigenvalue weighted by Gasteiger charge is -2.09. The van der Waals surface area contributed by atoms with Crippen molar-refractivity contribution in [3.05, 3.63) is 50.5 Å². The van der Waals surface area contributed by atoms with E-state index in [9.17, 15) is 10.1 Å². The fourth-order valence-electron chi connectivity index (χ4n) is 1.62. The van der Waals surface area contributed by atoms with Crippen LogP contribution in [0.3, 0.4) is 0 Å². The molecule has 0 aliphatic carbocycles. The minimum Gasteiger partial charge on any atom is -0.333 e. The Morgan fingerprint density at radius 2 is 2.14 bits per heavy atom. The van der Waals surface area contributed by atoms with Crippen molar-refractivity contribution in [3.63, 3.8) is 0 Å². The van der Waals surface area contributed by atoms with Crippen LogP contribution in [0.25, 0.3) is 0 Å². The second-order valence-electron chi connectivity index (χ2n) is 3.89. The van der Waals surface area contributed by atoms with Crippen LogP contribution in [0.4, 0.5) is 23.0 Å². The fourth-order valence-corrected chi connectivity index (χ4v) is 1.98. The molecular weight excluding hydrogens is 340 g/mol. The smallest absolute Gasteiger partial charge is 0.311 e. The first-order valence-electron chi connectivity index (χ1n) is 5.64. The first-order chi connectivity index (χ1) is 10.0. The van der Waals surface area contributed by atoms with Crippen molar-refractivity contribution >= 4 is 38.9 Å². The Labute approximate surface area is 127 Å². The van der Waals surface area contributed by atoms with Crippen molar-refractivity contribution in [2.75, 3.05) is 10.7 Å². The van der Waals surface area contributed by atoms with E-state index in [1.165, 1.54) is 12.1 Å². The van der Waals surface area contributed by atoms with Crippen molar-refractivity contribution in [2.45, 2.75) is 0 Å². The van der Waals surface area contributed by atoms with Crippen molar-refractivity contribution in [3.8, 4) is 6.07 Å². The Morgan fingerprint density at radius 1 is 1.38 bits per heavy atom. The minimum absolute atomic E-state index is 0.00530. The molecule has 0 radical (unpaired) electrons. The van der Waals surface area contributed by atoms with Crippen LogP contribution < -0.4 is 16.6 Å². The summed E-state index contributed by atoms with van der Waals surface area (Å²) in [5, 5.41) is 22.9. The second kappa shape index (κ2) is 6.17. The van der Waals surface area contributed by atoms with E-state index in [-0.39, 0.29) is 17.3 Å². The van der Waals surface area contributed by atoms with Crippen molar-refractivity contribution < 1.29 is 4.92 Å². The first kappa shape index (κ1) is 14.7. The Hall–Kier alpha value is -2.70.